The number of benzene rings is 1. The summed E-state index contributed by atoms with van der Waals surface area (Å²) < 4.78 is 38.6. The van der Waals surface area contributed by atoms with Crippen LogP contribution in [-0.4, -0.2) is 54.4 Å². The van der Waals surface area contributed by atoms with E-state index < -0.39 is 22.4 Å². The molecule has 1 N–H and O–H groups in total. The molecule has 1 aromatic carbocycles. The third-order valence-electron chi connectivity index (χ3n) is 5.86. The summed E-state index contributed by atoms with van der Waals surface area (Å²) in [6.45, 7) is 0.908. The number of carbonyl (C=O) groups is 2. The summed E-state index contributed by atoms with van der Waals surface area (Å²) in [5, 5.41) is 14.0. The number of nitrogens with one attached hydrogen (secondary N) is 1. The number of nitrogens with zero attached hydrogens (tertiary/aromatic N) is 3. The quantitative estimate of drug-likeness (QED) is 0.559. The van der Waals surface area contributed by atoms with Crippen molar-refractivity contribution in [2.24, 2.45) is 5.92 Å². The number of rotatable bonds is 5. The number of amides is 2. The molecular weight excluding hydrogens is 417 g/mol. The first-order valence-corrected chi connectivity index (χ1v) is 10.3. The Kier molecular flexibility index (Phi) is 7.01. The van der Waals surface area contributed by atoms with Gasteiger partial charge >= 0.3 is 6.18 Å². The SMILES string of the molecule is O=C(NCC(=O)N1CCN(c2ccc(C(F)(F)F)cc2[N+](=O)[O-])CC1)C1CCCCC1. The Morgan fingerprint density at radius 2 is 1.74 bits per heavy atom. The van der Waals surface area contributed by atoms with E-state index in [1.807, 2.05) is 0 Å². The van der Waals surface area contributed by atoms with Crippen molar-refractivity contribution >= 4 is 23.2 Å². The molecule has 3 rings (SSSR count). The van der Waals surface area contributed by atoms with Crippen LogP contribution in [0.1, 0.15) is 37.7 Å². The van der Waals surface area contributed by atoms with Gasteiger partial charge in [-0.2, -0.15) is 13.2 Å². The summed E-state index contributed by atoms with van der Waals surface area (Å²) in [6, 6.07) is 2.46. The number of hydrogen-bond donors (Lipinski definition) is 1. The lowest BCUT2D eigenvalue weighted by Gasteiger charge is -2.36. The first-order chi connectivity index (χ1) is 14.7. The second-order valence-corrected chi connectivity index (χ2v) is 7.88. The van der Waals surface area contributed by atoms with Crippen molar-refractivity contribution in [3.63, 3.8) is 0 Å². The highest BCUT2D eigenvalue weighted by Gasteiger charge is 2.34. The van der Waals surface area contributed by atoms with Crippen molar-refractivity contribution in [2.45, 2.75) is 38.3 Å². The molecule has 0 unspecified atom stereocenters. The fourth-order valence-corrected chi connectivity index (χ4v) is 4.09. The van der Waals surface area contributed by atoms with E-state index in [0.29, 0.717) is 6.07 Å². The van der Waals surface area contributed by atoms with Crippen LogP contribution in [-0.2, 0) is 15.8 Å². The zero-order valence-electron chi connectivity index (χ0n) is 17.0. The van der Waals surface area contributed by atoms with Gasteiger partial charge in [0.25, 0.3) is 5.69 Å². The van der Waals surface area contributed by atoms with Gasteiger partial charge in [-0.3, -0.25) is 19.7 Å². The molecule has 1 aromatic rings. The van der Waals surface area contributed by atoms with Crippen LogP contribution in [0, 0.1) is 16.0 Å². The van der Waals surface area contributed by atoms with Gasteiger partial charge in [0.1, 0.15) is 5.69 Å². The Morgan fingerprint density at radius 3 is 2.32 bits per heavy atom. The van der Waals surface area contributed by atoms with Gasteiger partial charge in [0.2, 0.25) is 11.8 Å². The van der Waals surface area contributed by atoms with E-state index in [9.17, 15) is 32.9 Å². The molecule has 8 nitrogen and oxygen atoms in total. The van der Waals surface area contributed by atoms with Crippen LogP contribution < -0.4 is 10.2 Å². The highest BCUT2D eigenvalue weighted by atomic mass is 19.4. The van der Waals surface area contributed by atoms with Crippen molar-refractivity contribution in [1.82, 2.24) is 10.2 Å². The molecule has 2 amide bonds. The number of anilines is 1. The van der Waals surface area contributed by atoms with E-state index in [-0.39, 0.29) is 56.1 Å². The Balaban J connectivity index is 1.56. The number of nitro benzene ring substituents is 1. The zero-order valence-corrected chi connectivity index (χ0v) is 17.0. The summed E-state index contributed by atoms with van der Waals surface area (Å²) in [4.78, 5) is 38.2. The van der Waals surface area contributed by atoms with Crippen molar-refractivity contribution < 1.29 is 27.7 Å². The third-order valence-corrected chi connectivity index (χ3v) is 5.86. The summed E-state index contributed by atoms with van der Waals surface area (Å²) in [6.07, 6.45) is 0.171. The molecule has 0 radical (unpaired) electrons. The molecule has 11 heteroatoms. The van der Waals surface area contributed by atoms with E-state index >= 15 is 0 Å². The molecule has 0 aromatic heterocycles. The van der Waals surface area contributed by atoms with E-state index in [2.05, 4.69) is 5.32 Å². The molecular formula is C20H25F3N4O4. The minimum atomic E-state index is -4.67. The Bertz CT molecular complexity index is 832. The summed E-state index contributed by atoms with van der Waals surface area (Å²) in [7, 11) is 0. The van der Waals surface area contributed by atoms with Gasteiger partial charge in [0.05, 0.1) is 17.0 Å². The minimum Gasteiger partial charge on any atom is -0.362 e. The average molecular weight is 442 g/mol. The molecule has 1 aliphatic carbocycles. The van der Waals surface area contributed by atoms with Crippen molar-refractivity contribution in [3.8, 4) is 0 Å². The van der Waals surface area contributed by atoms with Crippen molar-refractivity contribution in [2.75, 3.05) is 37.6 Å². The lowest BCUT2D eigenvalue weighted by atomic mass is 9.89. The van der Waals surface area contributed by atoms with Gasteiger partial charge < -0.3 is 15.1 Å². The van der Waals surface area contributed by atoms with Gasteiger partial charge in [0, 0.05) is 38.2 Å². The fraction of sp³-hybridized carbons (Fsp3) is 0.600. The lowest BCUT2D eigenvalue weighted by Crippen LogP contribution is -2.51. The molecule has 170 valence electrons. The number of halogens is 3. The zero-order chi connectivity index (χ0) is 22.6. The lowest BCUT2D eigenvalue weighted by molar-refractivity contribution is -0.384. The van der Waals surface area contributed by atoms with Gasteiger partial charge in [-0.1, -0.05) is 19.3 Å². The number of alkyl halides is 3. The molecule has 2 aliphatic rings. The molecule has 1 aliphatic heterocycles. The molecule has 1 saturated carbocycles. The van der Waals surface area contributed by atoms with E-state index in [0.717, 1.165) is 44.2 Å². The van der Waals surface area contributed by atoms with Crippen LogP contribution in [0.4, 0.5) is 24.5 Å². The maximum atomic E-state index is 12.9. The van der Waals surface area contributed by atoms with Crippen molar-refractivity contribution in [1.29, 1.82) is 0 Å². The van der Waals surface area contributed by atoms with Crippen molar-refractivity contribution in [3.05, 3.63) is 33.9 Å². The van der Waals surface area contributed by atoms with E-state index in [1.54, 1.807) is 9.80 Å². The molecule has 1 saturated heterocycles. The maximum Gasteiger partial charge on any atom is 0.416 e. The van der Waals surface area contributed by atoms with Gasteiger partial charge in [0.15, 0.2) is 0 Å². The maximum absolute atomic E-state index is 12.9. The summed E-state index contributed by atoms with van der Waals surface area (Å²) in [5.41, 5.74) is -1.60. The molecule has 0 atom stereocenters. The number of piperazine rings is 1. The van der Waals surface area contributed by atoms with Crippen LogP contribution in [0.5, 0.6) is 0 Å². The monoisotopic (exact) mass is 442 g/mol. The Hall–Kier alpha value is -2.85. The number of hydrogen-bond acceptors (Lipinski definition) is 5. The Morgan fingerprint density at radius 1 is 1.10 bits per heavy atom. The smallest absolute Gasteiger partial charge is 0.362 e. The predicted molar refractivity (Wildman–Crippen MR) is 106 cm³/mol. The number of carbonyl (C=O) groups excluding carboxylic acids is 2. The molecule has 31 heavy (non-hydrogen) atoms. The van der Waals surface area contributed by atoms with E-state index in [4.69, 9.17) is 0 Å². The molecule has 0 bridgehead atoms. The second kappa shape index (κ2) is 9.52. The molecule has 1 heterocycles. The van der Waals surface area contributed by atoms with Crippen LogP contribution in [0.3, 0.4) is 0 Å². The highest BCUT2D eigenvalue weighted by Crippen LogP contribution is 2.36. The molecule has 2 fully saturated rings. The first-order valence-electron chi connectivity index (χ1n) is 10.3. The van der Waals surface area contributed by atoms with E-state index in [1.165, 1.54) is 0 Å². The Labute approximate surface area is 177 Å². The summed E-state index contributed by atoms with van der Waals surface area (Å²) in [5.74, 6) is -0.392. The first kappa shape index (κ1) is 22.8. The largest absolute Gasteiger partial charge is 0.416 e. The normalized spacial score (nSPS) is 18.0. The van der Waals surface area contributed by atoms with Crippen LogP contribution in [0.15, 0.2) is 18.2 Å². The van der Waals surface area contributed by atoms with Crippen LogP contribution >= 0.6 is 0 Å². The minimum absolute atomic E-state index is 0.0429. The third kappa shape index (κ3) is 5.65. The molecule has 0 spiro atoms. The average Bonchev–Trinajstić information content (AvgIpc) is 2.77. The highest BCUT2D eigenvalue weighted by molar-refractivity contribution is 5.86. The summed E-state index contributed by atoms with van der Waals surface area (Å²) >= 11 is 0. The van der Waals surface area contributed by atoms with Gasteiger partial charge in [-0.05, 0) is 25.0 Å². The topological polar surface area (TPSA) is 95.8 Å². The van der Waals surface area contributed by atoms with Crippen LogP contribution in [0.25, 0.3) is 0 Å². The van der Waals surface area contributed by atoms with Gasteiger partial charge in [-0.25, -0.2) is 0 Å². The van der Waals surface area contributed by atoms with Gasteiger partial charge in [-0.15, -0.1) is 0 Å². The number of nitro groups is 1. The second-order valence-electron chi connectivity index (χ2n) is 7.88. The van der Waals surface area contributed by atoms with Crippen LogP contribution in [0.2, 0.25) is 0 Å². The standard InChI is InChI=1S/C20H25F3N4O4/c21-20(22,23)15-6-7-16(17(12-15)27(30)31)25-8-10-26(11-9-25)18(28)13-24-19(29)14-4-2-1-3-5-14/h6-7,12,14H,1-5,8-11,13H2,(H,24,29). The predicted octanol–water partition coefficient (Wildman–Crippen LogP) is 2.96. The fourth-order valence-electron chi connectivity index (χ4n) is 4.09.